The van der Waals surface area contributed by atoms with Crippen LogP contribution in [0.2, 0.25) is 0 Å². The summed E-state index contributed by atoms with van der Waals surface area (Å²) in [5.74, 6) is -1.78. The number of carboxylic acid groups (broad SMARTS) is 2. The summed E-state index contributed by atoms with van der Waals surface area (Å²) in [5, 5.41) is 18.2. The van der Waals surface area contributed by atoms with Crippen molar-refractivity contribution < 1.29 is 24.5 Å². The largest absolute Gasteiger partial charge is 0.473 e. The van der Waals surface area contributed by atoms with E-state index in [1.165, 1.54) is 25.9 Å². The highest BCUT2D eigenvalue weighted by Gasteiger charge is 2.28. The van der Waals surface area contributed by atoms with Crippen LogP contribution in [0.5, 0.6) is 0 Å². The average Bonchev–Trinajstić information content (AvgIpc) is 2.17. The van der Waals surface area contributed by atoms with Crippen molar-refractivity contribution in [3.63, 3.8) is 0 Å². The highest BCUT2D eigenvalue weighted by Crippen LogP contribution is 2.27. The van der Waals surface area contributed by atoms with E-state index < -0.39 is 11.9 Å². The summed E-state index contributed by atoms with van der Waals surface area (Å²) in [6, 6.07) is 0. The summed E-state index contributed by atoms with van der Waals surface area (Å²) in [7, 11) is 0. The summed E-state index contributed by atoms with van der Waals surface area (Å²) < 4.78 is 5.17. The van der Waals surface area contributed by atoms with Gasteiger partial charge in [-0.2, -0.15) is 0 Å². The van der Waals surface area contributed by atoms with Gasteiger partial charge in [-0.05, 0) is 31.8 Å². The van der Waals surface area contributed by atoms with Gasteiger partial charge in [-0.1, -0.05) is 0 Å². The molecule has 2 heterocycles. The third-order valence-corrected chi connectivity index (χ3v) is 2.90. The molecule has 2 saturated heterocycles. The third-order valence-electron chi connectivity index (χ3n) is 2.90. The summed E-state index contributed by atoms with van der Waals surface area (Å²) >= 11 is 0. The van der Waals surface area contributed by atoms with Crippen LogP contribution >= 0.6 is 0 Å². The number of nitrogens with one attached hydrogen (secondary N) is 1. The van der Waals surface area contributed by atoms with Gasteiger partial charge in [0.25, 0.3) is 0 Å². The molecule has 92 valence electrons. The third kappa shape index (κ3) is 4.16. The second kappa shape index (κ2) is 6.44. The highest BCUT2D eigenvalue weighted by molar-refractivity contribution is 6.27. The molecular formula is C10H17NO5. The Labute approximate surface area is 93.6 Å². The Balaban J connectivity index is 0.000000187. The second-order valence-electron chi connectivity index (χ2n) is 4.00. The number of ether oxygens (including phenoxy) is 1. The Hall–Kier alpha value is -1.14. The van der Waals surface area contributed by atoms with E-state index in [-0.39, 0.29) is 0 Å². The molecule has 0 spiro atoms. The molecule has 2 aliphatic rings. The van der Waals surface area contributed by atoms with Crippen molar-refractivity contribution >= 4 is 11.9 Å². The zero-order valence-corrected chi connectivity index (χ0v) is 9.02. The monoisotopic (exact) mass is 231 g/mol. The Bertz CT molecular complexity index is 234. The first kappa shape index (κ1) is 12.9. The number of aliphatic carboxylic acids is 2. The summed E-state index contributed by atoms with van der Waals surface area (Å²) in [6.07, 6.45) is 2.74. The molecule has 6 heteroatoms. The van der Waals surface area contributed by atoms with Crippen LogP contribution in [0.3, 0.4) is 0 Å². The molecule has 0 saturated carbocycles. The van der Waals surface area contributed by atoms with E-state index in [1.54, 1.807) is 0 Å². The fraction of sp³-hybridized carbons (Fsp3) is 0.800. The van der Waals surface area contributed by atoms with Gasteiger partial charge >= 0.3 is 11.9 Å². The molecule has 6 nitrogen and oxygen atoms in total. The normalized spacial score (nSPS) is 21.5. The van der Waals surface area contributed by atoms with Gasteiger partial charge in [-0.15, -0.1) is 0 Å². The molecule has 0 aliphatic carbocycles. The van der Waals surface area contributed by atoms with Crippen LogP contribution in [0.4, 0.5) is 0 Å². The number of rotatable bonds is 1. The van der Waals surface area contributed by atoms with Gasteiger partial charge in [-0.25, -0.2) is 9.59 Å². The van der Waals surface area contributed by atoms with Crippen LogP contribution in [0.1, 0.15) is 12.8 Å². The fourth-order valence-electron chi connectivity index (χ4n) is 1.84. The van der Waals surface area contributed by atoms with Crippen LogP contribution in [0.15, 0.2) is 0 Å². The van der Waals surface area contributed by atoms with Crippen molar-refractivity contribution in [2.45, 2.75) is 12.8 Å². The SMILES string of the molecule is C1CC(C2COC2)CCN1.O=C(O)C(=O)O. The van der Waals surface area contributed by atoms with E-state index in [0.717, 1.165) is 25.0 Å². The number of hydrogen-bond donors (Lipinski definition) is 3. The minimum absolute atomic E-state index is 0.905. The lowest BCUT2D eigenvalue weighted by Crippen LogP contribution is -2.40. The van der Waals surface area contributed by atoms with Crippen molar-refractivity contribution in [1.29, 1.82) is 0 Å². The Morgan fingerprint density at radius 1 is 1.00 bits per heavy atom. The molecule has 0 aromatic heterocycles. The summed E-state index contributed by atoms with van der Waals surface area (Å²) in [5.41, 5.74) is 0. The lowest BCUT2D eigenvalue weighted by Gasteiger charge is -2.36. The van der Waals surface area contributed by atoms with Crippen molar-refractivity contribution in [3.05, 3.63) is 0 Å². The molecule has 2 rings (SSSR count). The van der Waals surface area contributed by atoms with Gasteiger partial charge in [0.2, 0.25) is 0 Å². The summed E-state index contributed by atoms with van der Waals surface area (Å²) in [6.45, 7) is 4.51. The van der Waals surface area contributed by atoms with Crippen LogP contribution < -0.4 is 5.32 Å². The molecule has 3 N–H and O–H groups in total. The Kier molecular flexibility index (Phi) is 5.21. The lowest BCUT2D eigenvalue weighted by atomic mass is 9.84. The fourth-order valence-corrected chi connectivity index (χ4v) is 1.84. The average molecular weight is 231 g/mol. The molecule has 2 aliphatic heterocycles. The zero-order chi connectivity index (χ0) is 12.0. The zero-order valence-electron chi connectivity index (χ0n) is 9.02. The Morgan fingerprint density at radius 2 is 1.50 bits per heavy atom. The first-order valence-electron chi connectivity index (χ1n) is 5.36. The minimum Gasteiger partial charge on any atom is -0.473 e. The quantitative estimate of drug-likeness (QED) is 0.540. The van der Waals surface area contributed by atoms with Crippen molar-refractivity contribution in [3.8, 4) is 0 Å². The van der Waals surface area contributed by atoms with E-state index in [9.17, 15) is 0 Å². The number of hydrogen-bond acceptors (Lipinski definition) is 4. The maximum atomic E-state index is 9.10. The van der Waals surface area contributed by atoms with Crippen LogP contribution in [0, 0.1) is 11.8 Å². The Morgan fingerprint density at radius 3 is 1.81 bits per heavy atom. The number of piperidine rings is 1. The van der Waals surface area contributed by atoms with E-state index in [2.05, 4.69) is 5.32 Å². The van der Waals surface area contributed by atoms with E-state index in [4.69, 9.17) is 24.5 Å². The molecule has 0 amide bonds. The topological polar surface area (TPSA) is 95.9 Å². The molecule has 0 unspecified atom stereocenters. The van der Waals surface area contributed by atoms with Gasteiger partial charge in [0, 0.05) is 5.92 Å². The summed E-state index contributed by atoms with van der Waals surface area (Å²) in [4.78, 5) is 18.2. The van der Waals surface area contributed by atoms with Gasteiger partial charge < -0.3 is 20.3 Å². The van der Waals surface area contributed by atoms with Gasteiger partial charge in [0.1, 0.15) is 0 Å². The van der Waals surface area contributed by atoms with E-state index >= 15 is 0 Å². The molecule has 0 radical (unpaired) electrons. The molecule has 16 heavy (non-hydrogen) atoms. The second-order valence-corrected chi connectivity index (χ2v) is 4.00. The number of carboxylic acids is 2. The molecule has 0 aromatic carbocycles. The van der Waals surface area contributed by atoms with E-state index in [1.807, 2.05) is 0 Å². The highest BCUT2D eigenvalue weighted by atomic mass is 16.5. The molecule has 0 bridgehead atoms. The van der Waals surface area contributed by atoms with Crippen molar-refractivity contribution in [2.75, 3.05) is 26.3 Å². The smallest absolute Gasteiger partial charge is 0.414 e. The number of carbonyl (C=O) groups is 2. The van der Waals surface area contributed by atoms with Crippen LogP contribution in [0.25, 0.3) is 0 Å². The first-order valence-corrected chi connectivity index (χ1v) is 5.36. The lowest BCUT2D eigenvalue weighted by molar-refractivity contribution is -0.159. The van der Waals surface area contributed by atoms with Crippen LogP contribution in [-0.2, 0) is 14.3 Å². The van der Waals surface area contributed by atoms with Crippen LogP contribution in [-0.4, -0.2) is 48.5 Å². The predicted molar refractivity (Wildman–Crippen MR) is 55.2 cm³/mol. The maximum absolute atomic E-state index is 9.10. The molecular weight excluding hydrogens is 214 g/mol. The van der Waals surface area contributed by atoms with Crippen molar-refractivity contribution in [2.24, 2.45) is 11.8 Å². The van der Waals surface area contributed by atoms with Gasteiger partial charge in [-0.3, -0.25) is 0 Å². The predicted octanol–water partition coefficient (Wildman–Crippen LogP) is -0.212. The van der Waals surface area contributed by atoms with Crippen molar-refractivity contribution in [1.82, 2.24) is 5.32 Å². The first-order chi connectivity index (χ1) is 7.61. The molecule has 0 aromatic rings. The maximum Gasteiger partial charge on any atom is 0.414 e. The van der Waals surface area contributed by atoms with E-state index in [0.29, 0.717) is 0 Å². The minimum atomic E-state index is -1.82. The van der Waals surface area contributed by atoms with Gasteiger partial charge in [0.15, 0.2) is 0 Å². The molecule has 2 fully saturated rings. The van der Waals surface area contributed by atoms with Gasteiger partial charge in [0.05, 0.1) is 13.2 Å². The standard InChI is InChI=1S/C8H15NO.C2H2O4/c1-3-9-4-2-7(1)8-5-10-6-8;3-1(4)2(5)6/h7-9H,1-6H2;(H,3,4)(H,5,6). The molecule has 0 atom stereocenters.